The fourth-order valence-electron chi connectivity index (χ4n) is 2.12. The van der Waals surface area contributed by atoms with Crippen molar-refractivity contribution in [3.63, 3.8) is 0 Å². The van der Waals surface area contributed by atoms with E-state index >= 15 is 0 Å². The fraction of sp³-hybridized carbons (Fsp3) is 0.917. The molecular formula is C12H23NO2. The summed E-state index contributed by atoms with van der Waals surface area (Å²) < 4.78 is 5.50. The van der Waals surface area contributed by atoms with Crippen molar-refractivity contribution in [1.29, 1.82) is 0 Å². The molecule has 0 aromatic heterocycles. The SMILES string of the molecule is CO[C@@]1(C)CCC[C@H](NC(=O)C(C)C)C1. The van der Waals surface area contributed by atoms with Gasteiger partial charge in [0.05, 0.1) is 5.60 Å². The van der Waals surface area contributed by atoms with Crippen LogP contribution in [0.1, 0.15) is 46.5 Å². The van der Waals surface area contributed by atoms with Crippen molar-refractivity contribution < 1.29 is 9.53 Å². The molecule has 0 bridgehead atoms. The van der Waals surface area contributed by atoms with Gasteiger partial charge < -0.3 is 10.1 Å². The molecule has 1 rings (SSSR count). The van der Waals surface area contributed by atoms with Crippen LogP contribution in [0.3, 0.4) is 0 Å². The Balaban J connectivity index is 2.47. The van der Waals surface area contributed by atoms with E-state index in [4.69, 9.17) is 4.74 Å². The highest BCUT2D eigenvalue weighted by Gasteiger charge is 2.32. The molecule has 0 radical (unpaired) electrons. The Bertz CT molecular complexity index is 228. The molecule has 1 aliphatic rings. The van der Waals surface area contributed by atoms with Gasteiger partial charge in [-0.1, -0.05) is 13.8 Å². The van der Waals surface area contributed by atoms with Crippen LogP contribution in [-0.2, 0) is 9.53 Å². The zero-order valence-corrected chi connectivity index (χ0v) is 10.3. The van der Waals surface area contributed by atoms with Gasteiger partial charge in [0.25, 0.3) is 0 Å². The maximum atomic E-state index is 11.6. The minimum atomic E-state index is -0.0484. The van der Waals surface area contributed by atoms with E-state index in [0.29, 0.717) is 6.04 Å². The molecule has 1 amide bonds. The van der Waals surface area contributed by atoms with Gasteiger partial charge in [-0.2, -0.15) is 0 Å². The van der Waals surface area contributed by atoms with Gasteiger partial charge in [0.1, 0.15) is 0 Å². The summed E-state index contributed by atoms with van der Waals surface area (Å²) in [5, 5.41) is 3.09. The van der Waals surface area contributed by atoms with E-state index < -0.39 is 0 Å². The number of carbonyl (C=O) groups is 1. The molecule has 0 spiro atoms. The zero-order chi connectivity index (χ0) is 11.5. The maximum Gasteiger partial charge on any atom is 0.222 e. The number of rotatable bonds is 3. The molecule has 1 saturated carbocycles. The number of methoxy groups -OCH3 is 1. The summed E-state index contributed by atoms with van der Waals surface area (Å²) in [6.45, 7) is 5.97. The lowest BCUT2D eigenvalue weighted by molar-refractivity contribution is -0.125. The highest BCUT2D eigenvalue weighted by molar-refractivity contribution is 5.78. The summed E-state index contributed by atoms with van der Waals surface area (Å²) in [7, 11) is 1.76. The first-order chi connectivity index (χ1) is 6.97. The van der Waals surface area contributed by atoms with Crippen molar-refractivity contribution in [2.75, 3.05) is 7.11 Å². The summed E-state index contributed by atoms with van der Waals surface area (Å²) in [4.78, 5) is 11.6. The molecule has 0 aromatic carbocycles. The van der Waals surface area contributed by atoms with Gasteiger partial charge in [0, 0.05) is 19.1 Å². The summed E-state index contributed by atoms with van der Waals surface area (Å²) >= 11 is 0. The van der Waals surface area contributed by atoms with E-state index in [-0.39, 0.29) is 17.4 Å². The molecule has 88 valence electrons. The van der Waals surface area contributed by atoms with Gasteiger partial charge in [-0.05, 0) is 32.6 Å². The minimum Gasteiger partial charge on any atom is -0.378 e. The second kappa shape index (κ2) is 4.97. The molecule has 0 heterocycles. The number of hydrogen-bond acceptors (Lipinski definition) is 2. The lowest BCUT2D eigenvalue weighted by Crippen LogP contribution is -2.46. The second-order valence-corrected chi connectivity index (χ2v) is 5.11. The zero-order valence-electron chi connectivity index (χ0n) is 10.3. The first-order valence-electron chi connectivity index (χ1n) is 5.82. The smallest absolute Gasteiger partial charge is 0.222 e. The van der Waals surface area contributed by atoms with Crippen molar-refractivity contribution in [2.24, 2.45) is 5.92 Å². The molecular weight excluding hydrogens is 190 g/mol. The van der Waals surface area contributed by atoms with Crippen LogP contribution in [0.2, 0.25) is 0 Å². The minimum absolute atomic E-state index is 0.0484. The van der Waals surface area contributed by atoms with Gasteiger partial charge >= 0.3 is 0 Å². The molecule has 1 aliphatic carbocycles. The molecule has 0 unspecified atom stereocenters. The molecule has 0 saturated heterocycles. The number of amides is 1. The molecule has 3 heteroatoms. The number of nitrogens with one attached hydrogen (secondary N) is 1. The van der Waals surface area contributed by atoms with Crippen LogP contribution in [0.25, 0.3) is 0 Å². The number of hydrogen-bond donors (Lipinski definition) is 1. The lowest BCUT2D eigenvalue weighted by atomic mass is 9.83. The van der Waals surface area contributed by atoms with Crippen LogP contribution in [-0.4, -0.2) is 24.7 Å². The average Bonchev–Trinajstić information content (AvgIpc) is 2.18. The highest BCUT2D eigenvalue weighted by atomic mass is 16.5. The monoisotopic (exact) mass is 213 g/mol. The predicted molar refractivity (Wildman–Crippen MR) is 60.7 cm³/mol. The Morgan fingerprint density at radius 3 is 2.73 bits per heavy atom. The van der Waals surface area contributed by atoms with E-state index in [9.17, 15) is 4.79 Å². The number of ether oxygens (including phenoxy) is 1. The normalized spacial score (nSPS) is 31.7. The Kier molecular flexibility index (Phi) is 4.14. The summed E-state index contributed by atoms with van der Waals surface area (Å²) in [6.07, 6.45) is 4.24. The summed E-state index contributed by atoms with van der Waals surface area (Å²) in [6, 6.07) is 0.290. The Hall–Kier alpha value is -0.570. The quantitative estimate of drug-likeness (QED) is 0.779. The molecule has 0 aromatic rings. The van der Waals surface area contributed by atoms with Crippen LogP contribution in [0, 0.1) is 5.92 Å². The molecule has 2 atom stereocenters. The molecule has 15 heavy (non-hydrogen) atoms. The standard InChI is InChI=1S/C12H23NO2/c1-9(2)11(14)13-10-6-5-7-12(3,8-10)15-4/h9-10H,5-8H2,1-4H3,(H,13,14)/t10-,12-/m0/s1. The Morgan fingerprint density at radius 2 is 2.20 bits per heavy atom. The van der Waals surface area contributed by atoms with Gasteiger partial charge in [0.15, 0.2) is 0 Å². The van der Waals surface area contributed by atoms with Crippen molar-refractivity contribution in [1.82, 2.24) is 5.32 Å². The average molecular weight is 213 g/mol. The van der Waals surface area contributed by atoms with Gasteiger partial charge in [-0.15, -0.1) is 0 Å². The van der Waals surface area contributed by atoms with Gasteiger partial charge in [-0.25, -0.2) is 0 Å². The molecule has 3 nitrogen and oxygen atoms in total. The topological polar surface area (TPSA) is 38.3 Å². The predicted octanol–water partition coefficient (Wildman–Crippen LogP) is 2.11. The molecule has 1 fully saturated rings. The van der Waals surface area contributed by atoms with Gasteiger partial charge in [0.2, 0.25) is 5.91 Å². The maximum absolute atomic E-state index is 11.6. The first kappa shape index (κ1) is 12.5. The summed E-state index contributed by atoms with van der Waals surface area (Å²) in [5.74, 6) is 0.223. The largest absolute Gasteiger partial charge is 0.378 e. The van der Waals surface area contributed by atoms with E-state index in [1.165, 1.54) is 0 Å². The van der Waals surface area contributed by atoms with E-state index in [1.54, 1.807) is 7.11 Å². The molecule has 1 N–H and O–H groups in total. The fourth-order valence-corrected chi connectivity index (χ4v) is 2.12. The first-order valence-corrected chi connectivity index (χ1v) is 5.82. The van der Waals surface area contributed by atoms with Crippen molar-refractivity contribution in [3.8, 4) is 0 Å². The Morgan fingerprint density at radius 1 is 1.53 bits per heavy atom. The van der Waals surface area contributed by atoms with Crippen molar-refractivity contribution in [2.45, 2.75) is 58.1 Å². The summed E-state index contributed by atoms with van der Waals surface area (Å²) in [5.41, 5.74) is -0.0484. The van der Waals surface area contributed by atoms with E-state index in [1.807, 2.05) is 13.8 Å². The Labute approximate surface area is 92.6 Å². The van der Waals surface area contributed by atoms with Gasteiger partial charge in [-0.3, -0.25) is 4.79 Å². The van der Waals surface area contributed by atoms with Crippen LogP contribution >= 0.6 is 0 Å². The number of carbonyl (C=O) groups excluding carboxylic acids is 1. The third-order valence-corrected chi connectivity index (χ3v) is 3.30. The van der Waals surface area contributed by atoms with Crippen molar-refractivity contribution >= 4 is 5.91 Å². The van der Waals surface area contributed by atoms with E-state index in [0.717, 1.165) is 25.7 Å². The van der Waals surface area contributed by atoms with Crippen LogP contribution < -0.4 is 5.32 Å². The van der Waals surface area contributed by atoms with Crippen molar-refractivity contribution in [3.05, 3.63) is 0 Å². The van der Waals surface area contributed by atoms with Crippen LogP contribution in [0.4, 0.5) is 0 Å². The van der Waals surface area contributed by atoms with Crippen LogP contribution in [0.15, 0.2) is 0 Å². The third kappa shape index (κ3) is 3.49. The van der Waals surface area contributed by atoms with E-state index in [2.05, 4.69) is 12.2 Å². The van der Waals surface area contributed by atoms with Crippen LogP contribution in [0.5, 0.6) is 0 Å². The highest BCUT2D eigenvalue weighted by Crippen LogP contribution is 2.30. The molecule has 0 aliphatic heterocycles. The third-order valence-electron chi connectivity index (χ3n) is 3.30. The second-order valence-electron chi connectivity index (χ2n) is 5.11. The lowest BCUT2D eigenvalue weighted by Gasteiger charge is -2.37.